The summed E-state index contributed by atoms with van der Waals surface area (Å²) in [6.07, 6.45) is 8.23. The fraction of sp³-hybridized carbons (Fsp3) is 1.00. The Morgan fingerprint density at radius 1 is 1.17 bits per heavy atom. The Labute approximate surface area is 113 Å². The maximum absolute atomic E-state index is 6.48. The van der Waals surface area contributed by atoms with Crippen molar-refractivity contribution in [3.8, 4) is 0 Å². The molecule has 1 aliphatic heterocycles. The standard InChI is InChI=1S/C16H32N2/c1-5-13(17)15(16(2,3)4)18-11-7-9-12-8-6-10-14(12)18/h12-15H,5-11,17H2,1-4H3. The molecule has 0 bridgehead atoms. The van der Waals surface area contributed by atoms with Gasteiger partial charge in [-0.1, -0.05) is 34.1 Å². The minimum absolute atomic E-state index is 0.292. The van der Waals surface area contributed by atoms with Crippen LogP contribution in [0.3, 0.4) is 0 Å². The van der Waals surface area contributed by atoms with Crippen molar-refractivity contribution < 1.29 is 0 Å². The lowest BCUT2D eigenvalue weighted by molar-refractivity contribution is 0.00210. The fourth-order valence-electron chi connectivity index (χ4n) is 4.45. The highest BCUT2D eigenvalue weighted by molar-refractivity contribution is 4.98. The number of piperidine rings is 1. The zero-order valence-electron chi connectivity index (χ0n) is 12.8. The van der Waals surface area contributed by atoms with E-state index in [-0.39, 0.29) is 0 Å². The van der Waals surface area contributed by atoms with E-state index in [1.54, 1.807) is 0 Å². The molecule has 2 aliphatic rings. The summed E-state index contributed by atoms with van der Waals surface area (Å²) in [5.74, 6) is 0.965. The van der Waals surface area contributed by atoms with Gasteiger partial charge in [-0.3, -0.25) is 4.90 Å². The summed E-state index contributed by atoms with van der Waals surface area (Å²) in [7, 11) is 0. The minimum atomic E-state index is 0.292. The van der Waals surface area contributed by atoms with Crippen LogP contribution in [0.4, 0.5) is 0 Å². The van der Waals surface area contributed by atoms with Crippen LogP contribution in [-0.4, -0.2) is 29.6 Å². The second-order valence-corrected chi connectivity index (χ2v) is 7.52. The number of nitrogens with two attached hydrogens (primary N) is 1. The number of nitrogens with zero attached hydrogens (tertiary/aromatic N) is 1. The van der Waals surface area contributed by atoms with Crippen LogP contribution in [0.25, 0.3) is 0 Å². The highest BCUT2D eigenvalue weighted by atomic mass is 15.2. The van der Waals surface area contributed by atoms with Crippen molar-refractivity contribution in [1.82, 2.24) is 4.90 Å². The SMILES string of the molecule is CCC(N)C(N1CCCC2CCCC21)C(C)(C)C. The molecular formula is C16H32N2. The van der Waals surface area contributed by atoms with Crippen molar-refractivity contribution in [2.24, 2.45) is 17.1 Å². The molecular weight excluding hydrogens is 220 g/mol. The lowest BCUT2D eigenvalue weighted by Gasteiger charge is -2.50. The first kappa shape index (κ1) is 14.3. The quantitative estimate of drug-likeness (QED) is 0.834. The first-order valence-electron chi connectivity index (χ1n) is 7.96. The van der Waals surface area contributed by atoms with E-state index in [1.165, 1.54) is 38.6 Å². The first-order chi connectivity index (χ1) is 8.45. The highest BCUT2D eigenvalue weighted by Gasteiger charge is 2.43. The van der Waals surface area contributed by atoms with Crippen molar-refractivity contribution in [1.29, 1.82) is 0 Å². The van der Waals surface area contributed by atoms with Gasteiger partial charge in [0.05, 0.1) is 0 Å². The summed E-state index contributed by atoms with van der Waals surface area (Å²) >= 11 is 0. The van der Waals surface area contributed by atoms with E-state index < -0.39 is 0 Å². The molecule has 2 nitrogen and oxygen atoms in total. The van der Waals surface area contributed by atoms with Crippen molar-refractivity contribution in [2.75, 3.05) is 6.54 Å². The number of likely N-dealkylation sites (tertiary alicyclic amines) is 1. The summed E-state index contributed by atoms with van der Waals surface area (Å²) in [6.45, 7) is 10.6. The Hall–Kier alpha value is -0.0800. The lowest BCUT2D eigenvalue weighted by atomic mass is 9.77. The van der Waals surface area contributed by atoms with Gasteiger partial charge in [0, 0.05) is 18.1 Å². The van der Waals surface area contributed by atoms with E-state index in [4.69, 9.17) is 5.73 Å². The monoisotopic (exact) mass is 252 g/mol. The molecule has 1 heterocycles. The van der Waals surface area contributed by atoms with Gasteiger partial charge >= 0.3 is 0 Å². The molecule has 0 aromatic heterocycles. The molecule has 4 atom stereocenters. The van der Waals surface area contributed by atoms with Gasteiger partial charge in [0.2, 0.25) is 0 Å². The summed E-state index contributed by atoms with van der Waals surface area (Å²) in [6, 6.07) is 1.71. The third kappa shape index (κ3) is 2.75. The summed E-state index contributed by atoms with van der Waals surface area (Å²) in [5, 5.41) is 0. The summed E-state index contributed by atoms with van der Waals surface area (Å²) in [4.78, 5) is 2.80. The van der Waals surface area contributed by atoms with Gasteiger partial charge in [0.1, 0.15) is 0 Å². The number of hydrogen-bond donors (Lipinski definition) is 1. The molecule has 2 rings (SSSR count). The molecule has 0 spiro atoms. The van der Waals surface area contributed by atoms with E-state index in [1.807, 2.05) is 0 Å². The molecule has 2 heteroatoms. The molecule has 0 aromatic rings. The summed E-state index contributed by atoms with van der Waals surface area (Å²) < 4.78 is 0. The largest absolute Gasteiger partial charge is 0.326 e. The van der Waals surface area contributed by atoms with Crippen LogP contribution in [0.1, 0.15) is 66.2 Å². The third-order valence-electron chi connectivity index (χ3n) is 5.16. The molecule has 0 radical (unpaired) electrons. The van der Waals surface area contributed by atoms with Gasteiger partial charge in [-0.2, -0.15) is 0 Å². The van der Waals surface area contributed by atoms with Gasteiger partial charge in [0.25, 0.3) is 0 Å². The first-order valence-corrected chi connectivity index (χ1v) is 7.96. The van der Waals surface area contributed by atoms with Crippen LogP contribution >= 0.6 is 0 Å². The van der Waals surface area contributed by atoms with Crippen LogP contribution < -0.4 is 5.73 Å². The lowest BCUT2D eigenvalue weighted by Crippen LogP contribution is -2.60. The van der Waals surface area contributed by atoms with Crippen molar-refractivity contribution in [3.63, 3.8) is 0 Å². The van der Waals surface area contributed by atoms with Crippen LogP contribution in [0.2, 0.25) is 0 Å². The maximum atomic E-state index is 6.48. The van der Waals surface area contributed by atoms with E-state index in [2.05, 4.69) is 32.6 Å². The molecule has 1 saturated carbocycles. The second-order valence-electron chi connectivity index (χ2n) is 7.52. The van der Waals surface area contributed by atoms with Crippen LogP contribution in [-0.2, 0) is 0 Å². The van der Waals surface area contributed by atoms with E-state index in [0.717, 1.165) is 18.4 Å². The van der Waals surface area contributed by atoms with Crippen molar-refractivity contribution >= 4 is 0 Å². The van der Waals surface area contributed by atoms with Crippen LogP contribution in [0.5, 0.6) is 0 Å². The van der Waals surface area contributed by atoms with E-state index >= 15 is 0 Å². The number of fused-ring (bicyclic) bond motifs is 1. The Kier molecular flexibility index (Phi) is 4.38. The molecule has 18 heavy (non-hydrogen) atoms. The summed E-state index contributed by atoms with van der Waals surface area (Å²) in [5.41, 5.74) is 6.77. The molecule has 1 aliphatic carbocycles. The molecule has 1 saturated heterocycles. The smallest absolute Gasteiger partial charge is 0.0298 e. The Morgan fingerprint density at radius 3 is 2.44 bits per heavy atom. The van der Waals surface area contributed by atoms with Gasteiger partial charge in [-0.15, -0.1) is 0 Å². The average molecular weight is 252 g/mol. The van der Waals surface area contributed by atoms with Gasteiger partial charge in [-0.25, -0.2) is 0 Å². The van der Waals surface area contributed by atoms with E-state index in [0.29, 0.717) is 17.5 Å². The second kappa shape index (κ2) is 5.50. The van der Waals surface area contributed by atoms with Crippen LogP contribution in [0, 0.1) is 11.3 Å². The van der Waals surface area contributed by atoms with Crippen molar-refractivity contribution in [2.45, 2.75) is 84.3 Å². The maximum Gasteiger partial charge on any atom is 0.0298 e. The fourth-order valence-corrected chi connectivity index (χ4v) is 4.45. The number of rotatable bonds is 3. The predicted molar refractivity (Wildman–Crippen MR) is 78.6 cm³/mol. The normalized spacial score (nSPS) is 33.2. The topological polar surface area (TPSA) is 29.3 Å². The molecule has 2 N–H and O–H groups in total. The Bertz CT molecular complexity index is 269. The zero-order chi connectivity index (χ0) is 13.3. The third-order valence-corrected chi connectivity index (χ3v) is 5.16. The molecule has 4 unspecified atom stereocenters. The molecule has 0 amide bonds. The van der Waals surface area contributed by atoms with Crippen molar-refractivity contribution in [3.05, 3.63) is 0 Å². The average Bonchev–Trinajstić information content (AvgIpc) is 2.76. The Morgan fingerprint density at radius 2 is 1.83 bits per heavy atom. The molecule has 0 aromatic carbocycles. The number of hydrogen-bond acceptors (Lipinski definition) is 2. The minimum Gasteiger partial charge on any atom is -0.326 e. The van der Waals surface area contributed by atoms with Gasteiger partial charge in [-0.05, 0) is 50.0 Å². The van der Waals surface area contributed by atoms with E-state index in [9.17, 15) is 0 Å². The van der Waals surface area contributed by atoms with Gasteiger partial charge in [0.15, 0.2) is 0 Å². The molecule has 2 fully saturated rings. The zero-order valence-corrected chi connectivity index (χ0v) is 12.8. The highest BCUT2D eigenvalue weighted by Crippen LogP contribution is 2.41. The molecule has 106 valence electrons. The van der Waals surface area contributed by atoms with Gasteiger partial charge < -0.3 is 5.73 Å². The predicted octanol–water partition coefficient (Wildman–Crippen LogP) is 3.40. The van der Waals surface area contributed by atoms with Crippen LogP contribution in [0.15, 0.2) is 0 Å². The Balaban J connectivity index is 2.19.